The van der Waals surface area contributed by atoms with Crippen molar-refractivity contribution in [2.24, 2.45) is 5.11 Å². The summed E-state index contributed by atoms with van der Waals surface area (Å²) >= 11 is 0. The summed E-state index contributed by atoms with van der Waals surface area (Å²) in [5.41, 5.74) is 9.13. The number of hydrogen-bond acceptors (Lipinski definition) is 2. The number of azide groups is 1. The number of rotatable bonds is 5. The van der Waals surface area contributed by atoms with Crippen LogP contribution in [0.4, 0.5) is 4.39 Å². The first-order valence-corrected chi connectivity index (χ1v) is 4.84. The third-order valence-corrected chi connectivity index (χ3v) is 2.00. The zero-order valence-corrected chi connectivity index (χ0v) is 8.67. The average molecular weight is 221 g/mol. The van der Waals surface area contributed by atoms with E-state index in [9.17, 15) is 4.39 Å². The van der Waals surface area contributed by atoms with Gasteiger partial charge in [-0.1, -0.05) is 23.3 Å². The van der Waals surface area contributed by atoms with Gasteiger partial charge in [0.1, 0.15) is 5.82 Å². The highest BCUT2D eigenvalue weighted by Crippen LogP contribution is 2.12. The van der Waals surface area contributed by atoms with Crippen molar-refractivity contribution in [3.05, 3.63) is 51.7 Å². The number of nitrogens with zero attached hydrogens (tertiary/aromatic N) is 3. The van der Waals surface area contributed by atoms with Gasteiger partial charge in [-0.15, -0.1) is 0 Å². The summed E-state index contributed by atoms with van der Waals surface area (Å²) in [5.74, 6) is -0.336. The van der Waals surface area contributed by atoms with E-state index in [-0.39, 0.29) is 12.4 Å². The van der Waals surface area contributed by atoms with E-state index in [1.54, 1.807) is 18.2 Å². The molecule has 0 aliphatic carbocycles. The van der Waals surface area contributed by atoms with Gasteiger partial charge in [0.15, 0.2) is 0 Å². The van der Waals surface area contributed by atoms with Crippen molar-refractivity contribution in [1.29, 1.82) is 0 Å². The Bertz CT molecular complexity index is 425. The summed E-state index contributed by atoms with van der Waals surface area (Å²) in [6, 6.07) is 4.44. The molecule has 0 radical (unpaired) electrons. The molecule has 0 aliphatic heterocycles. The maximum atomic E-state index is 13.3. The molecule has 5 heteroatoms. The van der Waals surface area contributed by atoms with Crippen LogP contribution in [0.25, 0.3) is 16.5 Å². The second-order valence-corrected chi connectivity index (χ2v) is 3.16. The lowest BCUT2D eigenvalue weighted by atomic mass is 10.1. The molecule has 0 amide bonds. The number of benzene rings is 1. The summed E-state index contributed by atoms with van der Waals surface area (Å²) in [4.78, 5) is 2.61. The minimum atomic E-state index is -0.336. The van der Waals surface area contributed by atoms with Crippen LogP contribution >= 0.6 is 0 Å². The SMILES string of the molecule is [N-]=[N+]=NCCC=Cc1cc(CO)ccc1F. The third-order valence-electron chi connectivity index (χ3n) is 2.00. The van der Waals surface area contributed by atoms with Crippen LogP contribution in [0.1, 0.15) is 17.5 Å². The molecule has 0 spiro atoms. The minimum absolute atomic E-state index is 0.111. The summed E-state index contributed by atoms with van der Waals surface area (Å²) < 4.78 is 13.3. The average Bonchev–Trinajstić information content (AvgIpc) is 2.31. The van der Waals surface area contributed by atoms with Gasteiger partial charge in [-0.3, -0.25) is 0 Å². The Hall–Kier alpha value is -1.84. The van der Waals surface area contributed by atoms with Gasteiger partial charge in [0.05, 0.1) is 6.61 Å². The predicted molar refractivity (Wildman–Crippen MR) is 60.0 cm³/mol. The van der Waals surface area contributed by atoms with Crippen LogP contribution in [0, 0.1) is 5.82 Å². The molecule has 0 unspecified atom stereocenters. The van der Waals surface area contributed by atoms with Crippen LogP contribution < -0.4 is 0 Å². The van der Waals surface area contributed by atoms with Crippen molar-refractivity contribution in [1.82, 2.24) is 0 Å². The van der Waals surface area contributed by atoms with E-state index < -0.39 is 0 Å². The lowest BCUT2D eigenvalue weighted by Crippen LogP contribution is -1.88. The molecule has 0 saturated heterocycles. The molecule has 0 saturated carbocycles. The highest BCUT2D eigenvalue weighted by molar-refractivity contribution is 5.51. The normalized spacial score (nSPS) is 10.4. The van der Waals surface area contributed by atoms with Crippen molar-refractivity contribution in [2.75, 3.05) is 6.54 Å². The largest absolute Gasteiger partial charge is 0.392 e. The Labute approximate surface area is 92.7 Å². The zero-order chi connectivity index (χ0) is 11.8. The lowest BCUT2D eigenvalue weighted by molar-refractivity contribution is 0.281. The molecule has 0 atom stereocenters. The molecule has 0 heterocycles. The van der Waals surface area contributed by atoms with Crippen LogP contribution in [-0.4, -0.2) is 11.7 Å². The summed E-state index contributed by atoms with van der Waals surface area (Å²) in [5, 5.41) is 12.2. The van der Waals surface area contributed by atoms with Gasteiger partial charge >= 0.3 is 0 Å². The smallest absolute Gasteiger partial charge is 0.130 e. The molecule has 0 aromatic heterocycles. The lowest BCUT2D eigenvalue weighted by Gasteiger charge is -2.00. The van der Waals surface area contributed by atoms with Crippen molar-refractivity contribution >= 4 is 6.08 Å². The van der Waals surface area contributed by atoms with Crippen LogP contribution in [0.5, 0.6) is 0 Å². The highest BCUT2D eigenvalue weighted by Gasteiger charge is 1.99. The second-order valence-electron chi connectivity index (χ2n) is 3.16. The third kappa shape index (κ3) is 3.73. The molecule has 1 aromatic rings. The van der Waals surface area contributed by atoms with E-state index >= 15 is 0 Å². The van der Waals surface area contributed by atoms with Gasteiger partial charge in [-0.25, -0.2) is 4.39 Å². The van der Waals surface area contributed by atoms with Crippen molar-refractivity contribution in [2.45, 2.75) is 13.0 Å². The van der Waals surface area contributed by atoms with E-state index in [1.807, 2.05) is 0 Å². The topological polar surface area (TPSA) is 69.0 Å². The predicted octanol–water partition coefficient (Wildman–Crippen LogP) is 3.03. The molecular formula is C11H12FN3O. The number of aliphatic hydroxyl groups is 1. The van der Waals surface area contributed by atoms with Crippen LogP contribution in [0.15, 0.2) is 29.4 Å². The summed E-state index contributed by atoms with van der Waals surface area (Å²) in [6.45, 7) is 0.244. The van der Waals surface area contributed by atoms with E-state index in [2.05, 4.69) is 10.0 Å². The molecule has 0 aliphatic rings. The van der Waals surface area contributed by atoms with Crippen LogP contribution in [0.3, 0.4) is 0 Å². The first kappa shape index (κ1) is 12.2. The fourth-order valence-electron chi connectivity index (χ4n) is 1.21. The van der Waals surface area contributed by atoms with Gasteiger partial charge in [-0.2, -0.15) is 0 Å². The Morgan fingerprint density at radius 2 is 2.31 bits per heavy atom. The van der Waals surface area contributed by atoms with E-state index in [1.165, 1.54) is 12.1 Å². The fourth-order valence-corrected chi connectivity index (χ4v) is 1.21. The molecule has 4 nitrogen and oxygen atoms in total. The monoisotopic (exact) mass is 221 g/mol. The summed E-state index contributed by atoms with van der Waals surface area (Å²) in [7, 11) is 0. The quantitative estimate of drug-likeness (QED) is 0.353. The van der Waals surface area contributed by atoms with Gasteiger partial charge < -0.3 is 5.11 Å². The standard InChI is InChI=1S/C11H12FN3O/c12-11-5-4-9(8-16)7-10(11)3-1-2-6-14-15-13/h1,3-5,7,16H,2,6,8H2. The van der Waals surface area contributed by atoms with Crippen LogP contribution in [0.2, 0.25) is 0 Å². The van der Waals surface area contributed by atoms with Gasteiger partial charge in [0.2, 0.25) is 0 Å². The Morgan fingerprint density at radius 3 is 3.00 bits per heavy atom. The zero-order valence-electron chi connectivity index (χ0n) is 8.67. The van der Waals surface area contributed by atoms with E-state index in [0.717, 1.165) is 0 Å². The minimum Gasteiger partial charge on any atom is -0.392 e. The first-order valence-electron chi connectivity index (χ1n) is 4.84. The molecular weight excluding hydrogens is 209 g/mol. The highest BCUT2D eigenvalue weighted by atomic mass is 19.1. The van der Waals surface area contributed by atoms with Gasteiger partial charge in [-0.05, 0) is 29.6 Å². The Morgan fingerprint density at radius 1 is 1.50 bits per heavy atom. The number of halogens is 1. The molecule has 1 aromatic carbocycles. The first-order chi connectivity index (χ1) is 7.77. The number of hydrogen-bond donors (Lipinski definition) is 1. The van der Waals surface area contributed by atoms with E-state index in [4.69, 9.17) is 10.6 Å². The van der Waals surface area contributed by atoms with Crippen molar-refractivity contribution < 1.29 is 9.50 Å². The molecule has 16 heavy (non-hydrogen) atoms. The van der Waals surface area contributed by atoms with Crippen molar-refractivity contribution in [3.63, 3.8) is 0 Å². The van der Waals surface area contributed by atoms with Gasteiger partial charge in [0.25, 0.3) is 0 Å². The molecule has 0 fully saturated rings. The molecule has 1 rings (SSSR count). The Kier molecular flexibility index (Phi) is 5.05. The van der Waals surface area contributed by atoms with Crippen molar-refractivity contribution in [3.8, 4) is 0 Å². The number of aliphatic hydroxyl groups excluding tert-OH is 1. The van der Waals surface area contributed by atoms with E-state index in [0.29, 0.717) is 24.1 Å². The maximum absolute atomic E-state index is 13.3. The molecule has 0 bridgehead atoms. The van der Waals surface area contributed by atoms with Gasteiger partial charge in [0, 0.05) is 17.0 Å². The second kappa shape index (κ2) is 6.61. The Balaban J connectivity index is 2.67. The molecule has 84 valence electrons. The molecule has 1 N–H and O–H groups in total. The van der Waals surface area contributed by atoms with Crippen LogP contribution in [-0.2, 0) is 6.61 Å². The fraction of sp³-hybridized carbons (Fsp3) is 0.273. The maximum Gasteiger partial charge on any atom is 0.130 e. The summed E-state index contributed by atoms with van der Waals surface area (Å²) in [6.07, 6.45) is 3.91.